The van der Waals surface area contributed by atoms with Crippen molar-refractivity contribution >= 4 is 56.9 Å². The zero-order valence-corrected chi connectivity index (χ0v) is 26.8. The lowest BCUT2D eigenvalue weighted by molar-refractivity contribution is -0.159. The lowest BCUT2D eigenvalue weighted by atomic mass is 9.70. The first-order chi connectivity index (χ1) is 20.5. The van der Waals surface area contributed by atoms with Crippen LogP contribution in [0.25, 0.3) is 0 Å². The van der Waals surface area contributed by atoms with Crippen molar-refractivity contribution in [2.24, 2.45) is 11.8 Å². The number of nitrogens with zero attached hydrogens (tertiary/aromatic N) is 2. The Morgan fingerprint density at radius 1 is 1.30 bits per heavy atom. The van der Waals surface area contributed by atoms with Gasteiger partial charge in [-0.3, -0.25) is 19.2 Å². The van der Waals surface area contributed by atoms with Crippen LogP contribution in [-0.4, -0.2) is 88.1 Å². The highest BCUT2D eigenvalue weighted by Gasteiger charge is 2.77. The van der Waals surface area contributed by atoms with Crippen molar-refractivity contribution in [2.45, 2.75) is 74.3 Å². The van der Waals surface area contributed by atoms with Crippen LogP contribution in [0, 0.1) is 11.8 Å². The van der Waals surface area contributed by atoms with E-state index in [1.54, 1.807) is 43.3 Å². The molecule has 1 unspecified atom stereocenters. The van der Waals surface area contributed by atoms with Gasteiger partial charge in [0, 0.05) is 28.5 Å². The number of carbonyl (C=O) groups excluding carboxylic acids is 4. The van der Waals surface area contributed by atoms with E-state index in [0.717, 1.165) is 0 Å². The predicted molar refractivity (Wildman–Crippen MR) is 166 cm³/mol. The van der Waals surface area contributed by atoms with Crippen molar-refractivity contribution in [1.29, 1.82) is 0 Å². The molecule has 3 fully saturated rings. The lowest BCUT2D eigenvalue weighted by Gasteiger charge is -2.39. The molecule has 3 amide bonds. The summed E-state index contributed by atoms with van der Waals surface area (Å²) in [5.74, 6) is -3.62. The number of allylic oxidation sites excluding steroid dienone is 1. The number of hydrogen-bond donors (Lipinski definition) is 2. The molecule has 3 aliphatic heterocycles. The number of carbonyl (C=O) groups is 4. The molecule has 234 valence electrons. The smallest absolute Gasteiger partial charge is 0.312 e. The summed E-state index contributed by atoms with van der Waals surface area (Å²) >= 11 is 9.75. The molecular weight excluding hydrogens is 642 g/mol. The number of ether oxygens (including phenoxy) is 2. The van der Waals surface area contributed by atoms with Gasteiger partial charge >= 0.3 is 5.97 Å². The largest absolute Gasteiger partial charge is 0.460 e. The van der Waals surface area contributed by atoms with E-state index < -0.39 is 59.5 Å². The summed E-state index contributed by atoms with van der Waals surface area (Å²) in [6.07, 6.45) is 3.38. The summed E-state index contributed by atoms with van der Waals surface area (Å²) in [6, 6.07) is 4.98. The maximum Gasteiger partial charge on any atom is 0.312 e. The van der Waals surface area contributed by atoms with Crippen molar-refractivity contribution in [1.82, 2.24) is 10.2 Å². The van der Waals surface area contributed by atoms with E-state index in [-0.39, 0.29) is 36.9 Å². The summed E-state index contributed by atoms with van der Waals surface area (Å²) in [4.78, 5) is 57.1. The highest BCUT2D eigenvalue weighted by Crippen LogP contribution is 2.61. The summed E-state index contributed by atoms with van der Waals surface area (Å²) in [5.41, 5.74) is -0.769. The van der Waals surface area contributed by atoms with Crippen LogP contribution in [0.5, 0.6) is 0 Å². The minimum Gasteiger partial charge on any atom is -0.460 e. The second-order valence-electron chi connectivity index (χ2n) is 11.2. The van der Waals surface area contributed by atoms with Crippen molar-refractivity contribution in [3.05, 3.63) is 54.6 Å². The Kier molecular flexibility index (Phi) is 10.7. The first kappa shape index (κ1) is 33.2. The molecule has 3 saturated heterocycles. The third kappa shape index (κ3) is 6.27. The molecule has 3 aliphatic rings. The fourth-order valence-electron chi connectivity index (χ4n) is 6.54. The molecule has 0 aromatic heterocycles. The van der Waals surface area contributed by atoms with Crippen molar-refractivity contribution in [3.63, 3.8) is 0 Å². The average Bonchev–Trinajstić information content (AvgIpc) is 3.58. The highest BCUT2D eigenvalue weighted by molar-refractivity contribution is 9.09. The Morgan fingerprint density at radius 2 is 2.00 bits per heavy atom. The molecule has 2 bridgehead atoms. The Labute approximate surface area is 265 Å². The number of likely N-dealkylation sites (tertiary alicyclic amines) is 1. The van der Waals surface area contributed by atoms with Crippen LogP contribution in [0.15, 0.2) is 49.6 Å². The van der Waals surface area contributed by atoms with Gasteiger partial charge < -0.3 is 29.7 Å². The first-order valence-electron chi connectivity index (χ1n) is 14.5. The van der Waals surface area contributed by atoms with Crippen LogP contribution < -0.4 is 10.2 Å². The zero-order chi connectivity index (χ0) is 31.5. The van der Waals surface area contributed by atoms with Gasteiger partial charge in [-0.2, -0.15) is 0 Å². The first-order valence-corrected chi connectivity index (χ1v) is 15.8. The molecule has 4 rings (SSSR count). The number of esters is 1. The van der Waals surface area contributed by atoms with Crippen LogP contribution in [0.3, 0.4) is 0 Å². The van der Waals surface area contributed by atoms with Gasteiger partial charge in [-0.1, -0.05) is 46.6 Å². The standard InChI is InChI=1S/C31H39BrClN3O7/c1-5-8-9-23(38)34-16-18(4)42-30(41)24-25-28(39)36(20(7-3)17-37)27(31(25)15-22(32)26(24)43-31)29(40)35(14-6-2)21-12-10-19(33)11-13-21/h5-6,10-13,18,20,22,24-27,37H,1-2,7-9,14-17H2,3-4H3,(H,34,38)/t18-,20-,22?,24-,25+,26-,27-,31+/m0/s1. The van der Waals surface area contributed by atoms with Crippen molar-refractivity contribution in [2.75, 3.05) is 24.6 Å². The molecule has 1 aromatic rings. The average molecular weight is 681 g/mol. The quantitative estimate of drug-likeness (QED) is 0.175. The molecule has 1 aromatic carbocycles. The number of anilines is 1. The number of rotatable bonds is 14. The van der Waals surface area contributed by atoms with E-state index in [9.17, 15) is 24.3 Å². The van der Waals surface area contributed by atoms with Crippen LogP contribution in [-0.2, 0) is 28.7 Å². The van der Waals surface area contributed by atoms with E-state index in [4.69, 9.17) is 21.1 Å². The summed E-state index contributed by atoms with van der Waals surface area (Å²) in [6.45, 7) is 10.8. The number of aliphatic hydroxyl groups is 1. The van der Waals surface area contributed by atoms with Crippen LogP contribution in [0.4, 0.5) is 5.69 Å². The Hall–Kier alpha value is -2.73. The molecule has 10 nitrogen and oxygen atoms in total. The lowest BCUT2D eigenvalue weighted by Crippen LogP contribution is -2.59. The van der Waals surface area contributed by atoms with Gasteiger partial charge in [0.2, 0.25) is 11.8 Å². The van der Waals surface area contributed by atoms with Gasteiger partial charge in [-0.25, -0.2) is 0 Å². The van der Waals surface area contributed by atoms with Gasteiger partial charge in [0.05, 0.1) is 37.1 Å². The molecule has 43 heavy (non-hydrogen) atoms. The monoisotopic (exact) mass is 679 g/mol. The fourth-order valence-corrected chi connectivity index (χ4v) is 7.61. The fraction of sp³-hybridized carbons (Fsp3) is 0.548. The van der Waals surface area contributed by atoms with Gasteiger partial charge in [-0.15, -0.1) is 13.2 Å². The Bertz CT molecular complexity index is 1240. The molecular formula is C31H39BrClN3O7. The number of halogens is 2. The number of nitrogens with one attached hydrogen (secondary N) is 1. The maximum atomic E-state index is 14.5. The minimum absolute atomic E-state index is 0.106. The van der Waals surface area contributed by atoms with Crippen LogP contribution in [0.1, 0.15) is 39.5 Å². The number of amides is 3. The highest BCUT2D eigenvalue weighted by atomic mass is 79.9. The van der Waals surface area contributed by atoms with E-state index in [1.165, 1.54) is 9.80 Å². The molecule has 0 saturated carbocycles. The van der Waals surface area contributed by atoms with Gasteiger partial charge in [0.1, 0.15) is 17.7 Å². The number of fused-ring (bicyclic) bond motifs is 1. The third-order valence-corrected chi connectivity index (χ3v) is 9.60. The molecule has 8 atom stereocenters. The normalized spacial score (nSPS) is 28.6. The van der Waals surface area contributed by atoms with Crippen LogP contribution >= 0.6 is 27.5 Å². The summed E-state index contributed by atoms with van der Waals surface area (Å²) in [5, 5.41) is 13.5. The molecule has 0 radical (unpaired) electrons. The second kappa shape index (κ2) is 13.9. The zero-order valence-electron chi connectivity index (χ0n) is 24.4. The SMILES string of the molecule is C=CCCC(=O)NC[C@H](C)OC(=O)[C@@H]1[C@H]2O[C@@]3(CC2Br)[C@H](C(=O)N(CC=C)c2ccc(Cl)cc2)N([C@@H](CC)CO)C(=O)[C@@H]13. The molecule has 3 heterocycles. The number of hydrogen-bond acceptors (Lipinski definition) is 7. The van der Waals surface area contributed by atoms with E-state index in [0.29, 0.717) is 30.0 Å². The maximum absolute atomic E-state index is 14.5. The summed E-state index contributed by atoms with van der Waals surface area (Å²) in [7, 11) is 0. The Morgan fingerprint density at radius 3 is 2.60 bits per heavy atom. The number of aliphatic hydroxyl groups excluding tert-OH is 1. The van der Waals surface area contributed by atoms with Crippen LogP contribution in [0.2, 0.25) is 5.02 Å². The van der Waals surface area contributed by atoms with Gasteiger partial charge in [0.15, 0.2) is 0 Å². The predicted octanol–water partition coefficient (Wildman–Crippen LogP) is 3.39. The van der Waals surface area contributed by atoms with Crippen molar-refractivity contribution < 1.29 is 33.8 Å². The second-order valence-corrected chi connectivity index (χ2v) is 12.9. The Balaban J connectivity index is 1.67. The summed E-state index contributed by atoms with van der Waals surface area (Å²) < 4.78 is 12.3. The number of alkyl halides is 1. The van der Waals surface area contributed by atoms with Gasteiger partial charge in [0.25, 0.3) is 5.91 Å². The molecule has 12 heteroatoms. The number of benzene rings is 1. The van der Waals surface area contributed by atoms with E-state index in [2.05, 4.69) is 34.4 Å². The topological polar surface area (TPSA) is 125 Å². The van der Waals surface area contributed by atoms with Crippen molar-refractivity contribution in [3.8, 4) is 0 Å². The molecule has 2 N–H and O–H groups in total. The minimum atomic E-state index is -1.33. The van der Waals surface area contributed by atoms with Gasteiger partial charge in [-0.05, 0) is 50.5 Å². The third-order valence-electron chi connectivity index (χ3n) is 8.50. The molecule has 1 spiro atoms. The van der Waals surface area contributed by atoms with E-state index >= 15 is 0 Å². The molecule has 0 aliphatic carbocycles. The van der Waals surface area contributed by atoms with E-state index in [1.807, 2.05) is 6.92 Å².